The van der Waals surface area contributed by atoms with E-state index in [0.717, 1.165) is 22.6 Å². The zero-order valence-corrected chi connectivity index (χ0v) is 19.5. The van der Waals surface area contributed by atoms with Gasteiger partial charge in [-0.3, -0.25) is 9.36 Å². The van der Waals surface area contributed by atoms with Crippen molar-refractivity contribution in [2.45, 2.75) is 26.6 Å². The molecule has 4 aromatic rings. The lowest BCUT2D eigenvalue weighted by molar-refractivity contribution is -0.137. The fraction of sp³-hybridized carbons (Fsp3) is 0.208. The third-order valence-electron chi connectivity index (χ3n) is 5.60. The Hall–Kier alpha value is -4.66. The molecule has 0 spiro atoms. The van der Waals surface area contributed by atoms with E-state index in [1.54, 1.807) is 42.9 Å². The minimum absolute atomic E-state index is 0.0556. The number of carbonyl (C=O) groups excluding carboxylic acids is 1. The molecular formula is C24H20F3N7O2. The van der Waals surface area contributed by atoms with E-state index in [4.69, 9.17) is 4.74 Å². The standard InChI is InChI=1S/C24H20F3N7O2/c1-14-15(2)34(18-7-9-19(36-3)10-8-18)23(20(14)12-28)29-21(35)13-33-31-22(30-32-33)16-5-4-6-17(11-16)24(25,26)27/h4-11H,13H2,1-3H3,(H,29,35). The highest BCUT2D eigenvalue weighted by Gasteiger charge is 2.30. The summed E-state index contributed by atoms with van der Waals surface area (Å²) in [6, 6.07) is 13.7. The molecule has 1 N–H and O–H groups in total. The Labute approximate surface area is 203 Å². The van der Waals surface area contributed by atoms with Gasteiger partial charge in [-0.1, -0.05) is 12.1 Å². The molecule has 0 saturated heterocycles. The predicted molar refractivity (Wildman–Crippen MR) is 123 cm³/mol. The van der Waals surface area contributed by atoms with Gasteiger partial charge in [0.2, 0.25) is 11.7 Å². The van der Waals surface area contributed by atoms with Gasteiger partial charge in [0, 0.05) is 16.9 Å². The lowest BCUT2D eigenvalue weighted by Gasteiger charge is -2.13. The van der Waals surface area contributed by atoms with Gasteiger partial charge in [0.15, 0.2) is 0 Å². The van der Waals surface area contributed by atoms with E-state index in [0.29, 0.717) is 22.6 Å². The molecule has 2 aromatic carbocycles. The van der Waals surface area contributed by atoms with Crippen molar-refractivity contribution in [3.63, 3.8) is 0 Å². The number of carbonyl (C=O) groups is 1. The highest BCUT2D eigenvalue weighted by Crippen LogP contribution is 2.32. The summed E-state index contributed by atoms with van der Waals surface area (Å²) < 4.78 is 46.0. The number of nitrogens with zero attached hydrogens (tertiary/aromatic N) is 6. The van der Waals surface area contributed by atoms with Gasteiger partial charge in [-0.2, -0.15) is 23.2 Å². The molecule has 0 bridgehead atoms. The molecule has 36 heavy (non-hydrogen) atoms. The molecular weight excluding hydrogens is 475 g/mol. The molecule has 0 aliphatic rings. The first kappa shape index (κ1) is 24.5. The number of hydrogen-bond acceptors (Lipinski definition) is 6. The first-order valence-corrected chi connectivity index (χ1v) is 10.6. The first-order chi connectivity index (χ1) is 17.1. The highest BCUT2D eigenvalue weighted by molar-refractivity contribution is 5.92. The van der Waals surface area contributed by atoms with Crippen LogP contribution >= 0.6 is 0 Å². The van der Waals surface area contributed by atoms with Crippen molar-refractivity contribution >= 4 is 11.7 Å². The Kier molecular flexibility index (Phi) is 6.48. The summed E-state index contributed by atoms with van der Waals surface area (Å²) in [4.78, 5) is 13.8. The van der Waals surface area contributed by atoms with Gasteiger partial charge in [-0.15, -0.1) is 10.2 Å². The summed E-state index contributed by atoms with van der Waals surface area (Å²) in [6.45, 7) is 3.24. The van der Waals surface area contributed by atoms with Crippen LogP contribution in [-0.2, 0) is 17.5 Å². The highest BCUT2D eigenvalue weighted by atomic mass is 19.4. The second kappa shape index (κ2) is 9.53. The van der Waals surface area contributed by atoms with E-state index in [1.807, 2.05) is 6.92 Å². The van der Waals surface area contributed by atoms with Crippen molar-refractivity contribution in [2.75, 3.05) is 12.4 Å². The third kappa shape index (κ3) is 4.76. The lowest BCUT2D eigenvalue weighted by Crippen LogP contribution is -2.22. The smallest absolute Gasteiger partial charge is 0.416 e. The van der Waals surface area contributed by atoms with Crippen LogP contribution in [0.3, 0.4) is 0 Å². The number of ether oxygens (including phenoxy) is 1. The Bertz CT molecular complexity index is 1460. The number of aromatic nitrogens is 5. The number of nitrogens with one attached hydrogen (secondary N) is 1. The molecule has 0 aliphatic heterocycles. The zero-order valence-electron chi connectivity index (χ0n) is 19.5. The lowest BCUT2D eigenvalue weighted by atomic mass is 10.1. The number of nitriles is 1. The normalized spacial score (nSPS) is 11.2. The molecule has 1 amide bonds. The maximum absolute atomic E-state index is 13.0. The van der Waals surface area contributed by atoms with Crippen LogP contribution in [-0.4, -0.2) is 37.8 Å². The van der Waals surface area contributed by atoms with Crippen molar-refractivity contribution in [3.8, 4) is 28.9 Å². The summed E-state index contributed by atoms with van der Waals surface area (Å²) in [5, 5.41) is 24.0. The van der Waals surface area contributed by atoms with Gasteiger partial charge in [-0.25, -0.2) is 0 Å². The van der Waals surface area contributed by atoms with Gasteiger partial charge >= 0.3 is 6.18 Å². The number of amides is 1. The van der Waals surface area contributed by atoms with Gasteiger partial charge in [0.05, 0.1) is 18.2 Å². The maximum atomic E-state index is 13.0. The van der Waals surface area contributed by atoms with Crippen molar-refractivity contribution in [3.05, 3.63) is 70.9 Å². The van der Waals surface area contributed by atoms with E-state index in [2.05, 4.69) is 26.8 Å². The van der Waals surface area contributed by atoms with Gasteiger partial charge in [0.1, 0.15) is 24.2 Å². The summed E-state index contributed by atoms with van der Waals surface area (Å²) in [5.41, 5.74) is 1.74. The molecule has 9 nitrogen and oxygen atoms in total. The number of alkyl halides is 3. The van der Waals surface area contributed by atoms with Crippen LogP contribution in [0.25, 0.3) is 17.1 Å². The van der Waals surface area contributed by atoms with Crippen LogP contribution in [0.1, 0.15) is 22.4 Å². The topological polar surface area (TPSA) is 111 Å². The predicted octanol–water partition coefficient (Wildman–Crippen LogP) is 4.29. The van der Waals surface area contributed by atoms with E-state index in [-0.39, 0.29) is 23.8 Å². The summed E-state index contributed by atoms with van der Waals surface area (Å²) in [7, 11) is 1.55. The molecule has 0 radical (unpaired) electrons. The molecule has 2 heterocycles. The van der Waals surface area contributed by atoms with Crippen molar-refractivity contribution in [1.82, 2.24) is 24.8 Å². The van der Waals surface area contributed by atoms with Crippen molar-refractivity contribution < 1.29 is 22.7 Å². The molecule has 12 heteroatoms. The number of hydrogen-bond donors (Lipinski definition) is 1. The Morgan fingerprint density at radius 2 is 1.89 bits per heavy atom. The third-order valence-corrected chi connectivity index (χ3v) is 5.60. The number of benzene rings is 2. The van der Waals surface area contributed by atoms with Crippen LogP contribution < -0.4 is 10.1 Å². The summed E-state index contributed by atoms with van der Waals surface area (Å²) in [6.07, 6.45) is -4.51. The second-order valence-electron chi connectivity index (χ2n) is 7.85. The van der Waals surface area contributed by atoms with Gasteiger partial charge in [0.25, 0.3) is 0 Å². The number of rotatable bonds is 6. The summed E-state index contributed by atoms with van der Waals surface area (Å²) >= 11 is 0. The fourth-order valence-corrected chi connectivity index (χ4v) is 3.68. The molecule has 0 saturated carbocycles. The SMILES string of the molecule is COc1ccc(-n2c(C)c(C)c(C#N)c2NC(=O)Cn2nnc(-c3cccc(C(F)(F)F)c3)n2)cc1. The molecule has 0 aliphatic carbocycles. The number of anilines is 1. The Morgan fingerprint density at radius 3 is 2.53 bits per heavy atom. The van der Waals surface area contributed by atoms with Crippen LogP contribution in [0.15, 0.2) is 48.5 Å². The minimum Gasteiger partial charge on any atom is -0.497 e. The molecule has 184 valence electrons. The van der Waals surface area contributed by atoms with E-state index in [1.165, 1.54) is 12.1 Å². The number of methoxy groups -OCH3 is 1. The van der Waals surface area contributed by atoms with Crippen molar-refractivity contribution in [1.29, 1.82) is 5.26 Å². The zero-order chi connectivity index (χ0) is 26.0. The van der Waals surface area contributed by atoms with E-state index in [9.17, 15) is 23.2 Å². The molecule has 0 unspecified atom stereocenters. The van der Waals surface area contributed by atoms with Crippen LogP contribution in [0.4, 0.5) is 19.0 Å². The van der Waals surface area contributed by atoms with Crippen molar-refractivity contribution in [2.24, 2.45) is 0 Å². The molecule has 0 atom stereocenters. The number of tetrazole rings is 1. The Morgan fingerprint density at radius 1 is 1.17 bits per heavy atom. The van der Waals surface area contributed by atoms with Crippen LogP contribution in [0.5, 0.6) is 5.75 Å². The van der Waals surface area contributed by atoms with Gasteiger partial charge in [-0.05, 0) is 61.0 Å². The monoisotopic (exact) mass is 495 g/mol. The quantitative estimate of drug-likeness (QED) is 0.427. The maximum Gasteiger partial charge on any atom is 0.416 e. The summed E-state index contributed by atoms with van der Waals surface area (Å²) in [5.74, 6) is 0.327. The Balaban J connectivity index is 1.59. The van der Waals surface area contributed by atoms with Gasteiger partial charge < -0.3 is 10.1 Å². The molecule has 2 aromatic heterocycles. The van der Waals surface area contributed by atoms with E-state index < -0.39 is 17.6 Å². The van der Waals surface area contributed by atoms with Crippen LogP contribution in [0, 0.1) is 25.2 Å². The largest absolute Gasteiger partial charge is 0.497 e. The minimum atomic E-state index is -4.51. The average molecular weight is 495 g/mol. The fourth-order valence-electron chi connectivity index (χ4n) is 3.68. The molecule has 0 fully saturated rings. The average Bonchev–Trinajstić information content (AvgIpc) is 3.41. The number of halogens is 3. The first-order valence-electron chi connectivity index (χ1n) is 10.6. The molecule has 4 rings (SSSR count). The van der Waals surface area contributed by atoms with E-state index >= 15 is 0 Å². The van der Waals surface area contributed by atoms with Crippen LogP contribution in [0.2, 0.25) is 0 Å². The second-order valence-corrected chi connectivity index (χ2v) is 7.85.